The van der Waals surface area contributed by atoms with Gasteiger partial charge in [-0.15, -0.1) is 0 Å². The van der Waals surface area contributed by atoms with E-state index >= 15 is 0 Å². The smallest absolute Gasteiger partial charge is 0.279 e. The van der Waals surface area contributed by atoms with Crippen LogP contribution in [0.3, 0.4) is 0 Å². The second kappa shape index (κ2) is 7.92. The molecule has 1 heterocycles. The predicted molar refractivity (Wildman–Crippen MR) is 108 cm³/mol. The summed E-state index contributed by atoms with van der Waals surface area (Å²) in [5.41, 5.74) is 3.76. The third-order valence-electron chi connectivity index (χ3n) is 3.94. The monoisotopic (exact) mass is 408 g/mol. The number of amides is 1. The zero-order chi connectivity index (χ0) is 18.8. The van der Waals surface area contributed by atoms with Gasteiger partial charge in [0.1, 0.15) is 0 Å². The molecule has 1 aromatic heterocycles. The fourth-order valence-corrected chi connectivity index (χ4v) is 4.65. The van der Waals surface area contributed by atoms with E-state index in [1.165, 1.54) is 16.9 Å². The molecule has 0 aliphatic carbocycles. The normalized spacial score (nSPS) is 12.1. The number of carbonyl (C=O) groups is 1. The van der Waals surface area contributed by atoms with E-state index < -0.39 is 0 Å². The summed E-state index contributed by atoms with van der Waals surface area (Å²) in [7, 11) is 1.65. The van der Waals surface area contributed by atoms with E-state index in [0.29, 0.717) is 33.6 Å². The predicted octanol–water partition coefficient (Wildman–Crippen LogP) is 5.01. The molecule has 0 fully saturated rings. The van der Waals surface area contributed by atoms with Crippen molar-refractivity contribution < 1.29 is 9.53 Å². The van der Waals surface area contributed by atoms with Crippen LogP contribution in [0.1, 0.15) is 21.5 Å². The first-order valence-electron chi connectivity index (χ1n) is 8.03. The minimum atomic E-state index is -0.374. The molecule has 3 aromatic rings. The summed E-state index contributed by atoms with van der Waals surface area (Å²) in [5.74, 6) is -0.374. The maximum Gasteiger partial charge on any atom is 0.279 e. The van der Waals surface area contributed by atoms with E-state index in [1.54, 1.807) is 25.3 Å². The Morgan fingerprint density at radius 1 is 1.15 bits per heavy atom. The largest absolute Gasteiger partial charge is 0.383 e. The zero-order valence-electron chi connectivity index (χ0n) is 14.7. The van der Waals surface area contributed by atoms with Crippen LogP contribution in [0.4, 0.5) is 0 Å². The number of carbonyl (C=O) groups excluding carboxylic acids is 1. The summed E-state index contributed by atoms with van der Waals surface area (Å²) in [6.45, 7) is 5.27. The SMILES string of the molecule is COCCn1c(=NC(=O)c2cc(Cl)cc(Cl)c2)sc2cc(C)cc(C)c21. The van der Waals surface area contributed by atoms with Gasteiger partial charge in [-0.3, -0.25) is 4.79 Å². The first-order valence-corrected chi connectivity index (χ1v) is 9.61. The Morgan fingerprint density at radius 3 is 2.50 bits per heavy atom. The maximum atomic E-state index is 12.7. The van der Waals surface area contributed by atoms with Gasteiger partial charge in [-0.1, -0.05) is 40.6 Å². The molecule has 0 radical (unpaired) electrons. The van der Waals surface area contributed by atoms with Crippen molar-refractivity contribution in [3.63, 3.8) is 0 Å². The van der Waals surface area contributed by atoms with Crippen molar-refractivity contribution in [1.82, 2.24) is 4.57 Å². The molecule has 0 bridgehead atoms. The van der Waals surface area contributed by atoms with Gasteiger partial charge in [0, 0.05) is 29.3 Å². The van der Waals surface area contributed by atoms with Gasteiger partial charge < -0.3 is 9.30 Å². The number of aryl methyl sites for hydroxylation is 2. The summed E-state index contributed by atoms with van der Waals surface area (Å²) >= 11 is 13.5. The first kappa shape index (κ1) is 19.1. The fraction of sp³-hybridized carbons (Fsp3) is 0.263. The molecule has 0 aliphatic rings. The van der Waals surface area contributed by atoms with Gasteiger partial charge in [-0.25, -0.2) is 0 Å². The Morgan fingerprint density at radius 2 is 1.85 bits per heavy atom. The van der Waals surface area contributed by atoms with Crippen LogP contribution in [-0.4, -0.2) is 24.2 Å². The number of halogens is 2. The third-order valence-corrected chi connectivity index (χ3v) is 5.40. The number of ether oxygens (including phenoxy) is 1. The Bertz CT molecular complexity index is 1030. The van der Waals surface area contributed by atoms with Crippen LogP contribution in [0.2, 0.25) is 10.0 Å². The molecule has 1 amide bonds. The number of methoxy groups -OCH3 is 1. The van der Waals surface area contributed by atoms with E-state index in [0.717, 1.165) is 15.8 Å². The standard InChI is InChI=1S/C19H18Cl2N2O2S/c1-11-6-12(2)17-16(7-11)26-19(23(17)4-5-25-3)22-18(24)13-8-14(20)10-15(21)9-13/h6-10H,4-5H2,1-3H3. The van der Waals surface area contributed by atoms with Crippen LogP contribution in [0.15, 0.2) is 35.3 Å². The summed E-state index contributed by atoms with van der Waals surface area (Å²) < 4.78 is 8.35. The molecule has 2 aromatic carbocycles. The molecule has 0 N–H and O–H groups in total. The quantitative estimate of drug-likeness (QED) is 0.608. The molecular formula is C19H18Cl2N2O2S. The topological polar surface area (TPSA) is 43.6 Å². The fourth-order valence-electron chi connectivity index (χ4n) is 2.90. The molecule has 0 spiro atoms. The minimum Gasteiger partial charge on any atom is -0.383 e. The molecule has 0 unspecified atom stereocenters. The summed E-state index contributed by atoms with van der Waals surface area (Å²) in [6.07, 6.45) is 0. The lowest BCUT2D eigenvalue weighted by Crippen LogP contribution is -2.19. The van der Waals surface area contributed by atoms with Crippen LogP contribution in [0.5, 0.6) is 0 Å². The number of nitrogens with zero attached hydrogens (tertiary/aromatic N) is 2. The average Bonchev–Trinajstić information content (AvgIpc) is 2.89. The molecule has 0 saturated heterocycles. The molecule has 4 nitrogen and oxygen atoms in total. The highest BCUT2D eigenvalue weighted by Gasteiger charge is 2.12. The number of aromatic nitrogens is 1. The van der Waals surface area contributed by atoms with Crippen LogP contribution in [0, 0.1) is 13.8 Å². The lowest BCUT2D eigenvalue weighted by molar-refractivity contribution is 0.0997. The van der Waals surface area contributed by atoms with Crippen LogP contribution >= 0.6 is 34.5 Å². The van der Waals surface area contributed by atoms with E-state index in [2.05, 4.69) is 31.0 Å². The number of hydrogen-bond acceptors (Lipinski definition) is 3. The Hall–Kier alpha value is -1.66. The van der Waals surface area contributed by atoms with E-state index in [-0.39, 0.29) is 5.91 Å². The van der Waals surface area contributed by atoms with Gasteiger partial charge >= 0.3 is 0 Å². The second-order valence-electron chi connectivity index (χ2n) is 6.03. The zero-order valence-corrected chi connectivity index (χ0v) is 17.0. The minimum absolute atomic E-state index is 0.367. The van der Waals surface area contributed by atoms with Crippen molar-refractivity contribution in [2.75, 3.05) is 13.7 Å². The summed E-state index contributed by atoms with van der Waals surface area (Å²) in [6, 6.07) is 8.96. The van der Waals surface area contributed by atoms with Crippen molar-refractivity contribution in [1.29, 1.82) is 0 Å². The number of benzene rings is 2. The van der Waals surface area contributed by atoms with Crippen LogP contribution < -0.4 is 4.80 Å². The van der Waals surface area contributed by atoms with Crippen molar-refractivity contribution in [2.24, 2.45) is 4.99 Å². The maximum absolute atomic E-state index is 12.7. The highest BCUT2D eigenvalue weighted by atomic mass is 35.5. The lowest BCUT2D eigenvalue weighted by atomic mass is 10.1. The van der Waals surface area contributed by atoms with Crippen molar-refractivity contribution >= 4 is 50.7 Å². The highest BCUT2D eigenvalue weighted by Crippen LogP contribution is 2.24. The number of fused-ring (bicyclic) bond motifs is 1. The number of hydrogen-bond donors (Lipinski definition) is 0. The molecule has 136 valence electrons. The van der Waals surface area contributed by atoms with Gasteiger partial charge in [0.05, 0.1) is 16.8 Å². The summed E-state index contributed by atoms with van der Waals surface area (Å²) in [4.78, 5) is 17.6. The van der Waals surface area contributed by atoms with Gasteiger partial charge in [0.15, 0.2) is 4.80 Å². The summed E-state index contributed by atoms with van der Waals surface area (Å²) in [5, 5.41) is 0.817. The highest BCUT2D eigenvalue weighted by molar-refractivity contribution is 7.16. The Kier molecular flexibility index (Phi) is 5.82. The van der Waals surface area contributed by atoms with Crippen molar-refractivity contribution in [2.45, 2.75) is 20.4 Å². The van der Waals surface area contributed by atoms with E-state index in [9.17, 15) is 4.79 Å². The average molecular weight is 409 g/mol. The van der Waals surface area contributed by atoms with Gasteiger partial charge in [-0.05, 0) is 49.2 Å². The molecule has 7 heteroatoms. The van der Waals surface area contributed by atoms with Crippen molar-refractivity contribution in [3.8, 4) is 0 Å². The molecular weight excluding hydrogens is 391 g/mol. The third kappa shape index (κ3) is 4.01. The first-order chi connectivity index (χ1) is 12.4. The van der Waals surface area contributed by atoms with E-state index in [4.69, 9.17) is 27.9 Å². The Labute approximate surface area is 165 Å². The van der Waals surface area contributed by atoms with Crippen LogP contribution in [0.25, 0.3) is 10.2 Å². The molecule has 26 heavy (non-hydrogen) atoms. The van der Waals surface area contributed by atoms with Gasteiger partial charge in [0.2, 0.25) is 0 Å². The van der Waals surface area contributed by atoms with Crippen LogP contribution in [-0.2, 0) is 11.3 Å². The van der Waals surface area contributed by atoms with E-state index in [1.807, 2.05) is 4.57 Å². The molecule has 3 rings (SSSR count). The van der Waals surface area contributed by atoms with Gasteiger partial charge in [0.25, 0.3) is 5.91 Å². The Balaban J connectivity index is 2.17. The lowest BCUT2D eigenvalue weighted by Gasteiger charge is -2.07. The number of rotatable bonds is 4. The van der Waals surface area contributed by atoms with Crippen molar-refractivity contribution in [3.05, 3.63) is 61.9 Å². The number of thiazole rings is 1. The molecule has 0 aliphatic heterocycles. The second-order valence-corrected chi connectivity index (χ2v) is 7.91. The molecule has 0 saturated carbocycles. The molecule has 0 atom stereocenters. The van der Waals surface area contributed by atoms with Gasteiger partial charge in [-0.2, -0.15) is 4.99 Å².